The molecule has 0 amide bonds. The van der Waals surface area contributed by atoms with Crippen LogP contribution in [0.5, 0.6) is 5.75 Å². The van der Waals surface area contributed by atoms with E-state index in [2.05, 4.69) is 15.2 Å². The number of methoxy groups -OCH3 is 2. The van der Waals surface area contributed by atoms with E-state index in [1.165, 1.54) is 18.0 Å². The first-order chi connectivity index (χ1) is 17.3. The normalized spacial score (nSPS) is 13.5. The second-order valence-electron chi connectivity index (χ2n) is 8.90. The third kappa shape index (κ3) is 4.90. The predicted molar refractivity (Wildman–Crippen MR) is 140 cm³/mol. The van der Waals surface area contributed by atoms with Crippen molar-refractivity contribution in [1.82, 2.24) is 19.4 Å². The number of esters is 1. The minimum absolute atomic E-state index is 0.0271. The van der Waals surface area contributed by atoms with E-state index in [9.17, 15) is 9.59 Å². The van der Waals surface area contributed by atoms with Gasteiger partial charge >= 0.3 is 5.97 Å². The fourth-order valence-electron chi connectivity index (χ4n) is 4.38. The smallest absolute Gasteiger partial charge is 0.343 e. The SMILES string of the molecule is COC(=O)c1c(N2CCNCC2)n(CC=C(C)C)c2c(=O)n(CC(=N)c3cccc(OC)c3)cnc12. The van der Waals surface area contributed by atoms with Crippen molar-refractivity contribution in [1.29, 1.82) is 5.41 Å². The van der Waals surface area contributed by atoms with Gasteiger partial charge in [0.05, 0.1) is 32.8 Å². The summed E-state index contributed by atoms with van der Waals surface area (Å²) in [6.07, 6.45) is 3.42. The van der Waals surface area contributed by atoms with Gasteiger partial charge in [0, 0.05) is 38.3 Å². The number of nitrogens with zero attached hydrogens (tertiary/aromatic N) is 4. The van der Waals surface area contributed by atoms with Crippen molar-refractivity contribution in [2.45, 2.75) is 26.9 Å². The number of piperazine rings is 1. The first kappa shape index (κ1) is 25.2. The minimum Gasteiger partial charge on any atom is -0.497 e. The van der Waals surface area contributed by atoms with E-state index in [0.717, 1.165) is 18.7 Å². The average molecular weight is 493 g/mol. The van der Waals surface area contributed by atoms with Crippen LogP contribution in [0.15, 0.2) is 47.0 Å². The number of carbonyl (C=O) groups is 1. The molecule has 0 atom stereocenters. The largest absolute Gasteiger partial charge is 0.497 e. The Bertz CT molecular complexity index is 1380. The Balaban J connectivity index is 1.88. The van der Waals surface area contributed by atoms with Gasteiger partial charge in [0.25, 0.3) is 5.56 Å². The van der Waals surface area contributed by atoms with Gasteiger partial charge in [-0.15, -0.1) is 0 Å². The van der Waals surface area contributed by atoms with Crippen molar-refractivity contribution in [2.75, 3.05) is 45.3 Å². The topological polar surface area (TPSA) is 114 Å². The molecule has 1 aromatic carbocycles. The molecule has 0 unspecified atom stereocenters. The summed E-state index contributed by atoms with van der Waals surface area (Å²) in [6.45, 7) is 7.31. The molecule has 36 heavy (non-hydrogen) atoms. The molecule has 2 aromatic heterocycles. The lowest BCUT2D eigenvalue weighted by Gasteiger charge is -2.30. The molecule has 1 aliphatic rings. The molecule has 2 N–H and O–H groups in total. The Morgan fingerprint density at radius 2 is 1.97 bits per heavy atom. The highest BCUT2D eigenvalue weighted by molar-refractivity contribution is 6.08. The van der Waals surface area contributed by atoms with E-state index in [1.54, 1.807) is 31.4 Å². The van der Waals surface area contributed by atoms with Gasteiger partial charge in [-0.05, 0) is 26.0 Å². The molecule has 3 heterocycles. The molecule has 4 rings (SSSR count). The second-order valence-corrected chi connectivity index (χ2v) is 8.90. The van der Waals surface area contributed by atoms with E-state index in [1.807, 2.05) is 24.5 Å². The van der Waals surface area contributed by atoms with Gasteiger partial charge < -0.3 is 29.7 Å². The lowest BCUT2D eigenvalue weighted by molar-refractivity contribution is 0.0603. The fraction of sp³-hybridized carbons (Fsp3) is 0.385. The van der Waals surface area contributed by atoms with Crippen LogP contribution in [-0.4, -0.2) is 66.2 Å². The van der Waals surface area contributed by atoms with Gasteiger partial charge in [0.15, 0.2) is 0 Å². The Labute approximate surface area is 209 Å². The van der Waals surface area contributed by atoms with Crippen LogP contribution >= 0.6 is 0 Å². The first-order valence-corrected chi connectivity index (χ1v) is 11.9. The molecule has 0 aliphatic carbocycles. The molecule has 1 saturated heterocycles. The maximum Gasteiger partial charge on any atom is 0.343 e. The fourth-order valence-corrected chi connectivity index (χ4v) is 4.38. The van der Waals surface area contributed by atoms with Gasteiger partial charge in [-0.25, -0.2) is 9.78 Å². The number of rotatable bonds is 8. The summed E-state index contributed by atoms with van der Waals surface area (Å²) >= 11 is 0. The monoisotopic (exact) mass is 492 g/mol. The molecule has 0 radical (unpaired) electrons. The Morgan fingerprint density at radius 1 is 1.22 bits per heavy atom. The van der Waals surface area contributed by atoms with Crippen LogP contribution in [0.25, 0.3) is 11.0 Å². The lowest BCUT2D eigenvalue weighted by atomic mass is 10.1. The quantitative estimate of drug-likeness (QED) is 0.282. The molecule has 0 saturated carbocycles. The van der Waals surface area contributed by atoms with E-state index < -0.39 is 5.97 Å². The van der Waals surface area contributed by atoms with Crippen LogP contribution in [0.1, 0.15) is 29.8 Å². The third-order valence-electron chi connectivity index (χ3n) is 6.23. The summed E-state index contributed by atoms with van der Waals surface area (Å²) in [4.78, 5) is 33.4. The van der Waals surface area contributed by atoms with Crippen molar-refractivity contribution in [3.63, 3.8) is 0 Å². The number of nitrogens with one attached hydrogen (secondary N) is 2. The van der Waals surface area contributed by atoms with Crippen LogP contribution in [0.2, 0.25) is 0 Å². The highest BCUT2D eigenvalue weighted by atomic mass is 16.5. The first-order valence-electron chi connectivity index (χ1n) is 11.9. The summed E-state index contributed by atoms with van der Waals surface area (Å²) in [5.41, 5.74) is 2.60. The average Bonchev–Trinajstić information content (AvgIpc) is 3.23. The summed E-state index contributed by atoms with van der Waals surface area (Å²) in [5.74, 6) is 0.747. The maximum absolute atomic E-state index is 13.8. The number of hydrogen-bond donors (Lipinski definition) is 2. The zero-order chi connectivity index (χ0) is 25.8. The zero-order valence-electron chi connectivity index (χ0n) is 21.1. The van der Waals surface area contributed by atoms with Crippen LogP contribution < -0.4 is 20.5 Å². The second kappa shape index (κ2) is 10.8. The van der Waals surface area contributed by atoms with E-state index in [4.69, 9.17) is 14.9 Å². The number of ether oxygens (including phenoxy) is 2. The molecule has 10 heteroatoms. The third-order valence-corrected chi connectivity index (χ3v) is 6.23. The lowest BCUT2D eigenvalue weighted by Crippen LogP contribution is -2.45. The van der Waals surface area contributed by atoms with Gasteiger partial charge in [-0.3, -0.25) is 9.36 Å². The van der Waals surface area contributed by atoms with E-state index in [-0.39, 0.29) is 17.8 Å². The molecular weight excluding hydrogens is 460 g/mol. The zero-order valence-corrected chi connectivity index (χ0v) is 21.1. The number of allylic oxidation sites excluding steroid dienone is 2. The molecule has 1 aliphatic heterocycles. The molecular formula is C26H32N6O4. The summed E-state index contributed by atoms with van der Waals surface area (Å²) in [7, 11) is 2.90. The standard InChI is InChI=1S/C26H32N6O4/c1-17(2)8-11-32-23-22(21(26(34)36-4)24(32)30-12-9-28-10-13-30)29-16-31(25(23)33)15-20(27)18-6-5-7-19(14-18)35-3/h5-8,14,16,27-28H,9-13,15H2,1-4H3. The number of hydrogen-bond acceptors (Lipinski definition) is 8. The summed E-state index contributed by atoms with van der Waals surface area (Å²) in [6, 6.07) is 7.17. The van der Waals surface area contributed by atoms with Crippen molar-refractivity contribution in [3.8, 4) is 5.75 Å². The van der Waals surface area contributed by atoms with Gasteiger partial charge in [-0.1, -0.05) is 23.8 Å². The molecule has 0 bridgehead atoms. The Morgan fingerprint density at radius 3 is 2.64 bits per heavy atom. The van der Waals surface area contributed by atoms with Crippen molar-refractivity contribution >= 4 is 28.5 Å². The molecule has 10 nitrogen and oxygen atoms in total. The van der Waals surface area contributed by atoms with Crippen LogP contribution in [0, 0.1) is 5.41 Å². The number of carbonyl (C=O) groups excluding carboxylic acids is 1. The number of fused-ring (bicyclic) bond motifs is 1. The Hall–Kier alpha value is -3.92. The van der Waals surface area contributed by atoms with Crippen molar-refractivity contribution in [2.24, 2.45) is 0 Å². The highest BCUT2D eigenvalue weighted by Gasteiger charge is 2.30. The summed E-state index contributed by atoms with van der Waals surface area (Å²) < 4.78 is 13.7. The van der Waals surface area contributed by atoms with Crippen LogP contribution in [-0.2, 0) is 17.8 Å². The van der Waals surface area contributed by atoms with E-state index >= 15 is 0 Å². The number of anilines is 1. The number of aromatic nitrogens is 3. The molecule has 3 aromatic rings. The van der Waals surface area contributed by atoms with Gasteiger partial charge in [0.1, 0.15) is 28.2 Å². The molecule has 0 spiro atoms. The molecule has 1 fully saturated rings. The van der Waals surface area contributed by atoms with Gasteiger partial charge in [-0.2, -0.15) is 0 Å². The maximum atomic E-state index is 13.8. The van der Waals surface area contributed by atoms with Crippen LogP contribution in [0.3, 0.4) is 0 Å². The van der Waals surface area contributed by atoms with Crippen LogP contribution in [0.4, 0.5) is 5.82 Å². The predicted octanol–water partition coefficient (Wildman–Crippen LogP) is 2.44. The van der Waals surface area contributed by atoms with Crippen molar-refractivity contribution in [3.05, 3.63) is 63.7 Å². The van der Waals surface area contributed by atoms with Gasteiger partial charge in [0.2, 0.25) is 0 Å². The summed E-state index contributed by atoms with van der Waals surface area (Å²) in [5, 5.41) is 11.9. The van der Waals surface area contributed by atoms with E-state index in [0.29, 0.717) is 53.4 Å². The van der Waals surface area contributed by atoms with Crippen molar-refractivity contribution < 1.29 is 14.3 Å². The highest BCUT2D eigenvalue weighted by Crippen LogP contribution is 2.31. The minimum atomic E-state index is -0.529. The molecule has 190 valence electrons. The Kier molecular flexibility index (Phi) is 7.54. The number of benzene rings is 1.